The third-order valence-electron chi connectivity index (χ3n) is 4.11. The van der Waals surface area contributed by atoms with E-state index < -0.39 is 5.97 Å². The molecule has 0 heterocycles. The second-order valence-electron chi connectivity index (χ2n) is 6.77. The average molecular weight is 387 g/mol. The molecule has 0 amide bonds. The quantitative estimate of drug-likeness (QED) is 0.172. The Morgan fingerprint density at radius 1 is 0.769 bits per heavy atom. The highest BCUT2D eigenvalue weighted by atomic mass is 32.2. The van der Waals surface area contributed by atoms with Crippen LogP contribution in [0, 0.1) is 0 Å². The summed E-state index contributed by atoms with van der Waals surface area (Å²) in [6.45, 7) is 5.84. The summed E-state index contributed by atoms with van der Waals surface area (Å²) in [4.78, 5) is 22.7. The Morgan fingerprint density at radius 3 is 1.81 bits per heavy atom. The monoisotopic (exact) mass is 386 g/mol. The molecular weight excluding hydrogens is 348 g/mol. The number of carbonyl (C=O) groups is 2. The highest BCUT2D eigenvalue weighted by Crippen LogP contribution is 2.11. The van der Waals surface area contributed by atoms with E-state index in [-0.39, 0.29) is 12.6 Å². The predicted molar refractivity (Wildman–Crippen MR) is 111 cm³/mol. The van der Waals surface area contributed by atoms with Crippen LogP contribution in [0.4, 0.5) is 0 Å². The lowest BCUT2D eigenvalue weighted by Gasteiger charge is -2.06. The van der Waals surface area contributed by atoms with Gasteiger partial charge in [0.2, 0.25) is 0 Å². The molecule has 0 bridgehead atoms. The maximum absolute atomic E-state index is 11.5. The van der Waals surface area contributed by atoms with Gasteiger partial charge < -0.3 is 9.47 Å². The van der Waals surface area contributed by atoms with Crippen LogP contribution in [-0.2, 0) is 19.1 Å². The van der Waals surface area contributed by atoms with Crippen LogP contribution in [0.1, 0.15) is 84.0 Å². The Balaban J connectivity index is 3.23. The molecule has 0 aliphatic heterocycles. The smallest absolute Gasteiger partial charge is 0.333 e. The molecule has 26 heavy (non-hydrogen) atoms. The fraction of sp³-hybridized carbons (Fsp3) is 0.810. The van der Waals surface area contributed by atoms with Gasteiger partial charge in [0.05, 0.1) is 13.2 Å². The van der Waals surface area contributed by atoms with Crippen molar-refractivity contribution in [2.24, 2.45) is 0 Å². The first-order valence-corrected chi connectivity index (χ1v) is 11.4. The fourth-order valence-electron chi connectivity index (χ4n) is 2.53. The Morgan fingerprint density at radius 2 is 1.27 bits per heavy atom. The Bertz CT molecular complexity index is 382. The Labute approximate surface area is 164 Å². The van der Waals surface area contributed by atoms with Crippen LogP contribution in [-0.4, -0.2) is 37.2 Å². The second kappa shape index (κ2) is 18.8. The van der Waals surface area contributed by atoms with Gasteiger partial charge in [-0.05, 0) is 38.2 Å². The third kappa shape index (κ3) is 17.8. The van der Waals surface area contributed by atoms with Gasteiger partial charge in [-0.3, -0.25) is 4.79 Å². The SMILES string of the molecule is C=C(C)C(=O)OCCCC(=O)OCCCCCCCCCCCCSC. The standard InChI is InChI=1S/C21H38O4S/c1-19(2)21(23)25-17-14-15-20(22)24-16-12-10-8-6-4-5-7-9-11-13-18-26-3/h1,4-18H2,2-3H3. The number of thioether (sulfide) groups is 1. The molecule has 0 unspecified atom stereocenters. The average Bonchev–Trinajstić information content (AvgIpc) is 2.62. The Hall–Kier alpha value is -0.970. The number of hydrogen-bond donors (Lipinski definition) is 0. The normalized spacial score (nSPS) is 10.5. The first-order chi connectivity index (χ1) is 12.6. The molecule has 0 saturated heterocycles. The maximum atomic E-state index is 11.5. The van der Waals surface area contributed by atoms with Crippen LogP contribution in [0.5, 0.6) is 0 Å². The topological polar surface area (TPSA) is 52.6 Å². The molecule has 0 saturated carbocycles. The minimum atomic E-state index is -0.408. The van der Waals surface area contributed by atoms with E-state index in [1.165, 1.54) is 57.1 Å². The minimum absolute atomic E-state index is 0.210. The van der Waals surface area contributed by atoms with Crippen molar-refractivity contribution in [1.82, 2.24) is 0 Å². The van der Waals surface area contributed by atoms with E-state index in [2.05, 4.69) is 12.8 Å². The summed E-state index contributed by atoms with van der Waals surface area (Å²) in [6.07, 6.45) is 15.7. The fourth-order valence-corrected chi connectivity index (χ4v) is 3.02. The van der Waals surface area contributed by atoms with Crippen molar-refractivity contribution in [3.8, 4) is 0 Å². The van der Waals surface area contributed by atoms with Crippen LogP contribution in [0.2, 0.25) is 0 Å². The molecular formula is C21H38O4S. The van der Waals surface area contributed by atoms with Crippen LogP contribution in [0.15, 0.2) is 12.2 Å². The lowest BCUT2D eigenvalue weighted by atomic mass is 10.1. The van der Waals surface area contributed by atoms with Gasteiger partial charge in [0.15, 0.2) is 0 Å². The molecule has 0 aliphatic carbocycles. The molecule has 5 heteroatoms. The van der Waals surface area contributed by atoms with Gasteiger partial charge in [-0.25, -0.2) is 4.79 Å². The zero-order valence-electron chi connectivity index (χ0n) is 16.9. The van der Waals surface area contributed by atoms with E-state index in [9.17, 15) is 9.59 Å². The number of carbonyl (C=O) groups excluding carboxylic acids is 2. The number of hydrogen-bond acceptors (Lipinski definition) is 5. The Kier molecular flexibility index (Phi) is 18.1. The van der Waals surface area contributed by atoms with Gasteiger partial charge in [-0.15, -0.1) is 0 Å². The van der Waals surface area contributed by atoms with Gasteiger partial charge in [-0.1, -0.05) is 57.9 Å². The summed E-state index contributed by atoms with van der Waals surface area (Å²) < 4.78 is 10.1. The van der Waals surface area contributed by atoms with Crippen molar-refractivity contribution < 1.29 is 19.1 Å². The maximum Gasteiger partial charge on any atom is 0.333 e. The molecule has 0 fully saturated rings. The third-order valence-corrected chi connectivity index (χ3v) is 4.81. The molecule has 0 aliphatic rings. The first kappa shape index (κ1) is 25.0. The lowest BCUT2D eigenvalue weighted by molar-refractivity contribution is -0.146. The second-order valence-corrected chi connectivity index (χ2v) is 7.75. The highest BCUT2D eigenvalue weighted by molar-refractivity contribution is 7.98. The molecule has 0 radical (unpaired) electrons. The van der Waals surface area contributed by atoms with Gasteiger partial charge in [0, 0.05) is 12.0 Å². The van der Waals surface area contributed by atoms with Gasteiger partial charge >= 0.3 is 11.9 Å². The van der Waals surface area contributed by atoms with E-state index in [1.807, 2.05) is 11.8 Å². The molecule has 0 spiro atoms. The van der Waals surface area contributed by atoms with Gasteiger partial charge in [0.1, 0.15) is 0 Å². The zero-order chi connectivity index (χ0) is 19.5. The number of unbranched alkanes of at least 4 members (excludes halogenated alkanes) is 9. The van der Waals surface area contributed by atoms with Crippen LogP contribution in [0.25, 0.3) is 0 Å². The molecule has 0 atom stereocenters. The van der Waals surface area contributed by atoms with Gasteiger partial charge in [0.25, 0.3) is 0 Å². The molecule has 0 aromatic carbocycles. The lowest BCUT2D eigenvalue weighted by Crippen LogP contribution is -2.10. The number of esters is 2. The van der Waals surface area contributed by atoms with E-state index in [1.54, 1.807) is 6.92 Å². The van der Waals surface area contributed by atoms with Crippen molar-refractivity contribution in [2.75, 3.05) is 25.2 Å². The molecule has 152 valence electrons. The van der Waals surface area contributed by atoms with Crippen LogP contribution < -0.4 is 0 Å². The van der Waals surface area contributed by atoms with E-state index in [0.29, 0.717) is 25.0 Å². The molecule has 0 aromatic rings. The number of ether oxygens (including phenoxy) is 2. The van der Waals surface area contributed by atoms with Crippen molar-refractivity contribution in [1.29, 1.82) is 0 Å². The van der Waals surface area contributed by atoms with Crippen LogP contribution >= 0.6 is 11.8 Å². The minimum Gasteiger partial charge on any atom is -0.466 e. The van der Waals surface area contributed by atoms with E-state index in [4.69, 9.17) is 9.47 Å². The molecule has 0 rings (SSSR count). The van der Waals surface area contributed by atoms with Gasteiger partial charge in [-0.2, -0.15) is 11.8 Å². The largest absolute Gasteiger partial charge is 0.466 e. The van der Waals surface area contributed by atoms with Crippen molar-refractivity contribution in [3.63, 3.8) is 0 Å². The molecule has 4 nitrogen and oxygen atoms in total. The highest BCUT2D eigenvalue weighted by Gasteiger charge is 2.05. The van der Waals surface area contributed by atoms with E-state index in [0.717, 1.165) is 12.8 Å². The van der Waals surface area contributed by atoms with Crippen molar-refractivity contribution in [2.45, 2.75) is 84.0 Å². The van der Waals surface area contributed by atoms with E-state index >= 15 is 0 Å². The summed E-state index contributed by atoms with van der Waals surface area (Å²) in [7, 11) is 0. The van der Waals surface area contributed by atoms with Crippen LogP contribution in [0.3, 0.4) is 0 Å². The first-order valence-electron chi connectivity index (χ1n) is 10.0. The van der Waals surface area contributed by atoms with Crippen molar-refractivity contribution in [3.05, 3.63) is 12.2 Å². The summed E-state index contributed by atoms with van der Waals surface area (Å²) in [5, 5.41) is 0. The predicted octanol–water partition coefficient (Wildman–Crippen LogP) is 5.69. The molecule has 0 aromatic heterocycles. The molecule has 0 N–H and O–H groups in total. The summed E-state index contributed by atoms with van der Waals surface area (Å²) in [5.41, 5.74) is 0.374. The summed E-state index contributed by atoms with van der Waals surface area (Å²) in [6, 6.07) is 0. The number of rotatable bonds is 18. The zero-order valence-corrected chi connectivity index (χ0v) is 17.7. The van der Waals surface area contributed by atoms with Crippen molar-refractivity contribution >= 4 is 23.7 Å². The summed E-state index contributed by atoms with van der Waals surface area (Å²) >= 11 is 1.94. The summed E-state index contributed by atoms with van der Waals surface area (Å²) in [5.74, 6) is 0.680.